The molecule has 2 aliphatic rings. The number of ketones is 1. The van der Waals surface area contributed by atoms with Gasteiger partial charge in [-0.1, -0.05) is 12.8 Å². The quantitative estimate of drug-likeness (QED) is 0.640. The molecule has 2 saturated carbocycles. The van der Waals surface area contributed by atoms with Crippen LogP contribution < -0.4 is 0 Å². The summed E-state index contributed by atoms with van der Waals surface area (Å²) < 4.78 is 0. The van der Waals surface area contributed by atoms with Crippen LogP contribution in [0.5, 0.6) is 0 Å². The maximum Gasteiger partial charge on any atom is 0.163 e. The Hall–Kier alpha value is -0.790. The summed E-state index contributed by atoms with van der Waals surface area (Å²) in [4.78, 5) is 13.9. The van der Waals surface area contributed by atoms with Crippen molar-refractivity contribution in [2.75, 3.05) is 14.1 Å². The molecule has 2 aliphatic carbocycles. The van der Waals surface area contributed by atoms with E-state index in [1.165, 1.54) is 19.3 Å². The molecule has 0 saturated heterocycles. The minimum atomic E-state index is 0.0881. The monoisotopic (exact) mass is 193 g/mol. The predicted molar refractivity (Wildman–Crippen MR) is 56.8 cm³/mol. The highest BCUT2D eigenvalue weighted by Gasteiger charge is 2.58. The van der Waals surface area contributed by atoms with Crippen molar-refractivity contribution in [2.45, 2.75) is 32.1 Å². The maximum atomic E-state index is 12.0. The molecular formula is C12H19NO. The minimum Gasteiger partial charge on any atom is -0.383 e. The number of rotatable bonds is 3. The Balaban J connectivity index is 1.98. The molecule has 0 amide bonds. The molecule has 2 heteroatoms. The fraction of sp³-hybridized carbons (Fsp3) is 0.750. The summed E-state index contributed by atoms with van der Waals surface area (Å²) in [6.07, 6.45) is 9.79. The first-order chi connectivity index (χ1) is 6.65. The van der Waals surface area contributed by atoms with Gasteiger partial charge in [0.2, 0.25) is 0 Å². The molecule has 0 aliphatic heterocycles. The highest BCUT2D eigenvalue weighted by molar-refractivity contribution is 5.97. The van der Waals surface area contributed by atoms with E-state index in [-0.39, 0.29) is 5.41 Å². The normalized spacial score (nSPS) is 35.4. The van der Waals surface area contributed by atoms with Gasteiger partial charge in [-0.3, -0.25) is 4.79 Å². The summed E-state index contributed by atoms with van der Waals surface area (Å²) in [5, 5.41) is 0. The zero-order valence-corrected chi connectivity index (χ0v) is 9.12. The van der Waals surface area contributed by atoms with Gasteiger partial charge in [-0.05, 0) is 31.3 Å². The third-order valence-corrected chi connectivity index (χ3v) is 3.67. The molecule has 2 unspecified atom stereocenters. The smallest absolute Gasteiger partial charge is 0.163 e. The Morgan fingerprint density at radius 1 is 1.43 bits per heavy atom. The van der Waals surface area contributed by atoms with Gasteiger partial charge in [-0.25, -0.2) is 0 Å². The van der Waals surface area contributed by atoms with Crippen molar-refractivity contribution in [3.05, 3.63) is 12.3 Å². The van der Waals surface area contributed by atoms with Gasteiger partial charge in [-0.2, -0.15) is 0 Å². The van der Waals surface area contributed by atoms with Gasteiger partial charge in [0.1, 0.15) is 0 Å². The molecule has 0 radical (unpaired) electrons. The van der Waals surface area contributed by atoms with Crippen molar-refractivity contribution in [3.63, 3.8) is 0 Å². The second kappa shape index (κ2) is 3.41. The van der Waals surface area contributed by atoms with Crippen LogP contribution in [0.2, 0.25) is 0 Å². The highest BCUT2D eigenvalue weighted by Crippen LogP contribution is 2.61. The first-order valence-electron chi connectivity index (χ1n) is 5.54. The molecule has 2 fully saturated rings. The lowest BCUT2D eigenvalue weighted by Gasteiger charge is -2.19. The fourth-order valence-electron chi connectivity index (χ4n) is 2.70. The van der Waals surface area contributed by atoms with E-state index in [9.17, 15) is 4.79 Å². The van der Waals surface area contributed by atoms with Crippen LogP contribution in [-0.2, 0) is 4.79 Å². The SMILES string of the molecule is CN(C)/C=C/C(=O)C12CCCCC1C2. The summed E-state index contributed by atoms with van der Waals surface area (Å²) in [6.45, 7) is 0. The Morgan fingerprint density at radius 3 is 2.86 bits per heavy atom. The van der Waals surface area contributed by atoms with Crippen molar-refractivity contribution < 1.29 is 4.79 Å². The number of nitrogens with zero attached hydrogens (tertiary/aromatic N) is 1. The van der Waals surface area contributed by atoms with Crippen molar-refractivity contribution in [2.24, 2.45) is 11.3 Å². The van der Waals surface area contributed by atoms with E-state index in [0.29, 0.717) is 5.78 Å². The summed E-state index contributed by atoms with van der Waals surface area (Å²) in [7, 11) is 3.90. The highest BCUT2D eigenvalue weighted by atomic mass is 16.1. The van der Waals surface area contributed by atoms with E-state index in [1.54, 1.807) is 6.08 Å². The first kappa shape index (κ1) is 9.75. The largest absolute Gasteiger partial charge is 0.383 e. The van der Waals surface area contributed by atoms with E-state index in [1.807, 2.05) is 25.2 Å². The minimum absolute atomic E-state index is 0.0881. The molecule has 14 heavy (non-hydrogen) atoms. The van der Waals surface area contributed by atoms with Crippen LogP contribution in [0.25, 0.3) is 0 Å². The van der Waals surface area contributed by atoms with Gasteiger partial charge < -0.3 is 4.90 Å². The Kier molecular flexibility index (Phi) is 2.38. The molecule has 0 aromatic carbocycles. The number of hydrogen-bond donors (Lipinski definition) is 0. The molecule has 2 nitrogen and oxygen atoms in total. The molecule has 0 spiro atoms. The van der Waals surface area contributed by atoms with Crippen LogP contribution in [0.3, 0.4) is 0 Å². The lowest BCUT2D eigenvalue weighted by Crippen LogP contribution is -2.19. The van der Waals surface area contributed by atoms with Gasteiger partial charge >= 0.3 is 0 Å². The lowest BCUT2D eigenvalue weighted by atomic mass is 9.85. The van der Waals surface area contributed by atoms with Gasteiger partial charge in [0, 0.05) is 25.7 Å². The Morgan fingerprint density at radius 2 is 2.21 bits per heavy atom. The molecule has 2 rings (SSSR count). The zero-order valence-electron chi connectivity index (χ0n) is 9.12. The van der Waals surface area contributed by atoms with E-state index in [2.05, 4.69) is 0 Å². The topological polar surface area (TPSA) is 20.3 Å². The molecule has 0 aromatic heterocycles. The Bertz CT molecular complexity index is 269. The summed E-state index contributed by atoms with van der Waals surface area (Å²) in [5.41, 5.74) is 0.0881. The third-order valence-electron chi connectivity index (χ3n) is 3.67. The number of carbonyl (C=O) groups excluding carboxylic acids is 1. The first-order valence-corrected chi connectivity index (χ1v) is 5.54. The van der Waals surface area contributed by atoms with Crippen LogP contribution in [-0.4, -0.2) is 24.8 Å². The van der Waals surface area contributed by atoms with Gasteiger partial charge in [0.25, 0.3) is 0 Å². The van der Waals surface area contributed by atoms with Gasteiger partial charge in [-0.15, -0.1) is 0 Å². The van der Waals surface area contributed by atoms with Crippen molar-refractivity contribution in [1.82, 2.24) is 4.90 Å². The average Bonchev–Trinajstić information content (AvgIpc) is 2.89. The molecule has 0 aromatic rings. The second-order valence-corrected chi connectivity index (χ2v) is 4.95. The maximum absolute atomic E-state index is 12.0. The van der Waals surface area contributed by atoms with E-state index >= 15 is 0 Å². The fourth-order valence-corrected chi connectivity index (χ4v) is 2.70. The number of hydrogen-bond acceptors (Lipinski definition) is 2. The molecular weight excluding hydrogens is 174 g/mol. The summed E-state index contributed by atoms with van der Waals surface area (Å²) in [6, 6.07) is 0. The standard InChI is InChI=1S/C12H19NO/c1-13(2)8-6-11(14)12-7-4-3-5-10(12)9-12/h6,8,10H,3-5,7,9H2,1-2H3/b8-6+. The predicted octanol–water partition coefficient (Wildman–Crippen LogP) is 2.21. The lowest BCUT2D eigenvalue weighted by molar-refractivity contribution is -0.120. The van der Waals surface area contributed by atoms with E-state index in [0.717, 1.165) is 18.8 Å². The van der Waals surface area contributed by atoms with Gasteiger partial charge in [0.05, 0.1) is 0 Å². The van der Waals surface area contributed by atoms with E-state index in [4.69, 9.17) is 0 Å². The van der Waals surface area contributed by atoms with E-state index < -0.39 is 0 Å². The number of fused-ring (bicyclic) bond motifs is 1. The number of allylic oxidation sites excluding steroid dienone is 1. The molecule has 2 atom stereocenters. The summed E-state index contributed by atoms with van der Waals surface area (Å²) in [5.74, 6) is 1.09. The van der Waals surface area contributed by atoms with Crippen LogP contribution in [0.1, 0.15) is 32.1 Å². The molecule has 0 bridgehead atoms. The third kappa shape index (κ3) is 1.58. The summed E-state index contributed by atoms with van der Waals surface area (Å²) >= 11 is 0. The number of carbonyl (C=O) groups is 1. The average molecular weight is 193 g/mol. The van der Waals surface area contributed by atoms with Crippen LogP contribution >= 0.6 is 0 Å². The zero-order chi connectivity index (χ0) is 10.2. The van der Waals surface area contributed by atoms with Crippen LogP contribution in [0.15, 0.2) is 12.3 Å². The molecule has 0 N–H and O–H groups in total. The Labute approximate surface area is 86.0 Å². The molecule has 78 valence electrons. The van der Waals surface area contributed by atoms with Crippen molar-refractivity contribution >= 4 is 5.78 Å². The van der Waals surface area contributed by atoms with Crippen LogP contribution in [0.4, 0.5) is 0 Å². The van der Waals surface area contributed by atoms with Crippen LogP contribution in [0, 0.1) is 11.3 Å². The molecule has 0 heterocycles. The van der Waals surface area contributed by atoms with Crippen molar-refractivity contribution in [3.8, 4) is 0 Å². The van der Waals surface area contributed by atoms with Crippen molar-refractivity contribution in [1.29, 1.82) is 0 Å². The second-order valence-electron chi connectivity index (χ2n) is 4.95. The van der Waals surface area contributed by atoms with Gasteiger partial charge in [0.15, 0.2) is 5.78 Å².